The molecule has 0 heterocycles. The molecule has 1 unspecified atom stereocenters. The molecule has 0 saturated heterocycles. The van der Waals surface area contributed by atoms with Crippen LogP contribution in [0.5, 0.6) is 0 Å². The van der Waals surface area contributed by atoms with Crippen LogP contribution in [0.3, 0.4) is 0 Å². The Hall–Kier alpha value is -1.47. The second kappa shape index (κ2) is 7.35. The largest absolute Gasteiger partial charge is 0.125 e. The molecule has 2 rings (SSSR count). The minimum atomic E-state index is 0.748. The summed E-state index contributed by atoms with van der Waals surface area (Å²) < 4.78 is 0. The highest BCUT2D eigenvalue weighted by Crippen LogP contribution is 2.32. The van der Waals surface area contributed by atoms with Crippen molar-refractivity contribution in [1.82, 2.24) is 0 Å². The van der Waals surface area contributed by atoms with Gasteiger partial charge in [-0.3, -0.25) is 0 Å². The van der Waals surface area contributed by atoms with E-state index in [0.717, 1.165) is 17.2 Å². The minimum absolute atomic E-state index is 0.748. The summed E-state index contributed by atoms with van der Waals surface area (Å²) in [6.07, 6.45) is 1.23. The lowest BCUT2D eigenvalue weighted by Crippen LogP contribution is -1.96. The van der Waals surface area contributed by atoms with Crippen LogP contribution < -0.4 is 0 Å². The molecular weight excluding hydrogens is 260 g/mol. The molecule has 0 spiro atoms. The van der Waals surface area contributed by atoms with Gasteiger partial charge in [-0.15, -0.1) is 11.8 Å². The second-order valence-electron chi connectivity index (χ2n) is 5.17. The quantitative estimate of drug-likeness (QED) is 0.596. The third-order valence-corrected chi connectivity index (χ3v) is 4.96. The van der Waals surface area contributed by atoms with Crippen molar-refractivity contribution >= 4 is 17.3 Å². The highest BCUT2D eigenvalue weighted by atomic mass is 32.2. The van der Waals surface area contributed by atoms with E-state index in [-0.39, 0.29) is 0 Å². The Labute approximate surface area is 126 Å². The van der Waals surface area contributed by atoms with Gasteiger partial charge in [0.05, 0.1) is 0 Å². The molecule has 0 fully saturated rings. The zero-order valence-electron chi connectivity index (χ0n) is 12.3. The molecule has 1 heteroatoms. The summed E-state index contributed by atoms with van der Waals surface area (Å²) in [7, 11) is 0. The summed E-state index contributed by atoms with van der Waals surface area (Å²) in [5.41, 5.74) is 3.56. The normalized spacial score (nSPS) is 12.1. The molecule has 0 aromatic heterocycles. The van der Waals surface area contributed by atoms with Crippen LogP contribution in [-0.2, 0) is 0 Å². The average molecular weight is 282 g/mol. The summed E-state index contributed by atoms with van der Waals surface area (Å²) in [6, 6.07) is 19.0. The second-order valence-corrected chi connectivity index (χ2v) is 6.23. The first-order chi connectivity index (χ1) is 9.72. The molecule has 0 aliphatic rings. The maximum atomic E-state index is 4.29. The Kier molecular flexibility index (Phi) is 5.49. The maximum absolute atomic E-state index is 4.29. The van der Waals surface area contributed by atoms with E-state index in [9.17, 15) is 0 Å². The molecular formula is C19H22S. The number of rotatable bonds is 6. The summed E-state index contributed by atoms with van der Waals surface area (Å²) in [4.78, 5) is 1.33. The fraction of sp³-hybridized carbons (Fsp3) is 0.263. The fourth-order valence-electron chi connectivity index (χ4n) is 1.99. The number of hydrogen-bond donors (Lipinski definition) is 0. The molecule has 0 aliphatic heterocycles. The van der Waals surface area contributed by atoms with Crippen LogP contribution in [-0.4, -0.2) is 5.75 Å². The Balaban J connectivity index is 2.21. The summed E-state index contributed by atoms with van der Waals surface area (Å²) in [5, 5.41) is 0. The van der Waals surface area contributed by atoms with E-state index in [2.05, 4.69) is 69.0 Å². The summed E-state index contributed by atoms with van der Waals surface area (Å²) >= 11 is 1.94. The van der Waals surface area contributed by atoms with Gasteiger partial charge in [-0.2, -0.15) is 0 Å². The Morgan fingerprint density at radius 3 is 2.40 bits per heavy atom. The molecule has 0 N–H and O–H groups in total. The predicted molar refractivity (Wildman–Crippen MR) is 91.2 cm³/mol. The molecule has 0 radical (unpaired) electrons. The van der Waals surface area contributed by atoms with Crippen molar-refractivity contribution in [2.24, 2.45) is 5.92 Å². The van der Waals surface area contributed by atoms with E-state index in [1.165, 1.54) is 22.4 Å². The monoisotopic (exact) mass is 282 g/mol. The van der Waals surface area contributed by atoms with E-state index in [1.54, 1.807) is 0 Å². The zero-order valence-corrected chi connectivity index (χ0v) is 13.1. The van der Waals surface area contributed by atoms with Gasteiger partial charge in [-0.05, 0) is 28.7 Å². The molecule has 0 saturated carbocycles. The minimum Gasteiger partial charge on any atom is -0.125 e. The van der Waals surface area contributed by atoms with E-state index < -0.39 is 0 Å². The van der Waals surface area contributed by atoms with Crippen LogP contribution in [0.2, 0.25) is 0 Å². The van der Waals surface area contributed by atoms with E-state index >= 15 is 0 Å². The average Bonchev–Trinajstić information content (AvgIpc) is 2.53. The summed E-state index contributed by atoms with van der Waals surface area (Å²) in [5.74, 6) is 1.91. The van der Waals surface area contributed by atoms with Gasteiger partial charge in [0, 0.05) is 10.6 Å². The number of benzene rings is 2. The molecule has 20 heavy (non-hydrogen) atoms. The van der Waals surface area contributed by atoms with Crippen molar-refractivity contribution in [3.8, 4) is 0 Å². The van der Waals surface area contributed by atoms with Crippen molar-refractivity contribution in [3.05, 3.63) is 72.3 Å². The topological polar surface area (TPSA) is 0 Å². The van der Waals surface area contributed by atoms with Gasteiger partial charge in [-0.1, -0.05) is 75.4 Å². The van der Waals surface area contributed by atoms with E-state index in [0.29, 0.717) is 0 Å². The van der Waals surface area contributed by atoms with Crippen LogP contribution >= 0.6 is 11.8 Å². The van der Waals surface area contributed by atoms with Gasteiger partial charge in [0.25, 0.3) is 0 Å². The zero-order chi connectivity index (χ0) is 14.4. The van der Waals surface area contributed by atoms with Crippen LogP contribution in [0.15, 0.2) is 66.1 Å². The highest BCUT2D eigenvalue weighted by Gasteiger charge is 2.09. The van der Waals surface area contributed by atoms with Crippen molar-refractivity contribution in [2.45, 2.75) is 25.2 Å². The lowest BCUT2D eigenvalue weighted by molar-refractivity contribution is 0.637. The standard InChI is InChI=1S/C19H22S/c1-4-15(2)14-20-19-13-9-8-12-18(19)16(3)17-10-6-5-7-11-17/h5-13,15H,3-4,14H2,1-2H3. The Morgan fingerprint density at radius 1 is 1.05 bits per heavy atom. The fourth-order valence-corrected chi connectivity index (χ4v) is 3.21. The smallest absolute Gasteiger partial charge is 0.0151 e. The third kappa shape index (κ3) is 3.77. The Bertz CT molecular complexity index is 557. The molecule has 2 aromatic carbocycles. The maximum Gasteiger partial charge on any atom is 0.0151 e. The van der Waals surface area contributed by atoms with Gasteiger partial charge in [0.1, 0.15) is 0 Å². The van der Waals surface area contributed by atoms with Crippen molar-refractivity contribution in [3.63, 3.8) is 0 Å². The van der Waals surface area contributed by atoms with Gasteiger partial charge in [0.15, 0.2) is 0 Å². The van der Waals surface area contributed by atoms with Crippen LogP contribution in [0, 0.1) is 5.92 Å². The van der Waals surface area contributed by atoms with Crippen molar-refractivity contribution in [2.75, 3.05) is 5.75 Å². The van der Waals surface area contributed by atoms with Crippen molar-refractivity contribution < 1.29 is 0 Å². The molecule has 0 nitrogen and oxygen atoms in total. The SMILES string of the molecule is C=C(c1ccccc1)c1ccccc1SCC(C)CC. The molecule has 0 aliphatic carbocycles. The third-order valence-electron chi connectivity index (χ3n) is 3.55. The van der Waals surface area contributed by atoms with Crippen LogP contribution in [0.1, 0.15) is 31.4 Å². The molecule has 0 amide bonds. The lowest BCUT2D eigenvalue weighted by atomic mass is 10.00. The van der Waals surface area contributed by atoms with Crippen LogP contribution in [0.25, 0.3) is 5.57 Å². The van der Waals surface area contributed by atoms with Crippen LogP contribution in [0.4, 0.5) is 0 Å². The number of thioether (sulfide) groups is 1. The molecule has 104 valence electrons. The highest BCUT2D eigenvalue weighted by molar-refractivity contribution is 7.99. The van der Waals surface area contributed by atoms with Crippen molar-refractivity contribution in [1.29, 1.82) is 0 Å². The molecule has 2 aromatic rings. The number of hydrogen-bond acceptors (Lipinski definition) is 1. The predicted octanol–water partition coefficient (Wildman–Crippen LogP) is 5.89. The van der Waals surface area contributed by atoms with Gasteiger partial charge >= 0.3 is 0 Å². The van der Waals surface area contributed by atoms with E-state index in [1.807, 2.05) is 17.8 Å². The summed E-state index contributed by atoms with van der Waals surface area (Å²) in [6.45, 7) is 8.85. The van der Waals surface area contributed by atoms with Gasteiger partial charge in [0.2, 0.25) is 0 Å². The first-order valence-electron chi connectivity index (χ1n) is 7.19. The Morgan fingerprint density at radius 2 is 1.70 bits per heavy atom. The lowest BCUT2D eigenvalue weighted by Gasteiger charge is -2.14. The molecule has 0 bridgehead atoms. The molecule has 1 atom stereocenters. The van der Waals surface area contributed by atoms with Gasteiger partial charge in [-0.25, -0.2) is 0 Å². The first kappa shape index (κ1) is 14.9. The van der Waals surface area contributed by atoms with E-state index in [4.69, 9.17) is 0 Å². The first-order valence-corrected chi connectivity index (χ1v) is 8.17. The van der Waals surface area contributed by atoms with Gasteiger partial charge < -0.3 is 0 Å².